The zero-order valence-electron chi connectivity index (χ0n) is 23.4. The number of Topliss-reactive ketones (excluding diaryl/α,β-unsaturated/α-hetero) is 1. The molecule has 8 rings (SSSR count). The van der Waals surface area contributed by atoms with Gasteiger partial charge in [-0.25, -0.2) is 0 Å². The number of benzene rings is 3. The predicted molar refractivity (Wildman–Crippen MR) is 154 cm³/mol. The number of hydrogen-bond donors (Lipinski definition) is 0. The summed E-state index contributed by atoms with van der Waals surface area (Å²) in [5.74, 6) is -2.09. The van der Waals surface area contributed by atoms with Crippen molar-refractivity contribution in [2.24, 2.45) is 23.2 Å². The van der Waals surface area contributed by atoms with E-state index >= 15 is 0 Å². The number of methoxy groups -OCH3 is 1. The van der Waals surface area contributed by atoms with E-state index < -0.39 is 45.0 Å². The Hall–Kier alpha value is -4.25. The van der Waals surface area contributed by atoms with E-state index in [4.69, 9.17) is 9.47 Å². The number of hydrogen-bond acceptors (Lipinski definition) is 7. The second kappa shape index (κ2) is 9.88. The van der Waals surface area contributed by atoms with Crippen molar-refractivity contribution in [1.82, 2.24) is 0 Å². The first-order valence-electron chi connectivity index (χ1n) is 14.2. The van der Waals surface area contributed by atoms with Gasteiger partial charge in [0.25, 0.3) is 0 Å². The Labute approximate surface area is 251 Å². The molecule has 4 aromatic rings. The van der Waals surface area contributed by atoms with Gasteiger partial charge in [-0.1, -0.05) is 12.1 Å². The molecule has 0 spiro atoms. The Morgan fingerprint density at radius 2 is 1.59 bits per heavy atom. The SMILES string of the molecule is COc1cc(C(=O)[O-])c(-[s+]2c3ccccc3c(=O)c3cc(C(F)(F)F)ccc32)cc1OC(=O)C12CC3CC(C1)C(=O)C(C3)C2. The van der Waals surface area contributed by atoms with E-state index in [-0.39, 0.29) is 61.0 Å². The standard InChI is InChI=1S/C33H25F3O7S/c1-42-23-11-22(30(39)40)27(12-24(23)43-31(41)32-13-16-8-17(14-32)28(37)18(9-16)15-32)44-25-5-3-2-4-20(25)29(38)21-10-19(33(34,35)36)6-7-26(21)44/h2-7,10-12,16-18H,8-9,13-15H2,1H3. The molecule has 3 atom stereocenters. The summed E-state index contributed by atoms with van der Waals surface area (Å²) in [6.07, 6.45) is -1.75. The highest BCUT2D eigenvalue weighted by Crippen LogP contribution is 2.59. The van der Waals surface area contributed by atoms with Crippen molar-refractivity contribution in [3.63, 3.8) is 0 Å². The maximum atomic E-state index is 13.9. The number of carboxylic acids is 1. The topological polar surface area (TPSA) is 110 Å². The van der Waals surface area contributed by atoms with Crippen LogP contribution in [-0.2, 0) is 15.8 Å². The number of ether oxygens (including phenoxy) is 2. The van der Waals surface area contributed by atoms with Crippen LogP contribution in [0, 0.1) is 23.2 Å². The number of carboxylic acid groups (broad SMARTS) is 1. The molecule has 0 radical (unpaired) electrons. The van der Waals surface area contributed by atoms with Crippen molar-refractivity contribution in [3.05, 3.63) is 75.9 Å². The fraction of sp³-hybridized carbons (Fsp3) is 0.333. The van der Waals surface area contributed by atoms with Gasteiger partial charge in [-0.05, 0) is 74.4 Å². The maximum absolute atomic E-state index is 13.9. The molecule has 4 aliphatic carbocycles. The molecule has 0 N–H and O–H groups in total. The zero-order chi connectivity index (χ0) is 31.1. The summed E-state index contributed by atoms with van der Waals surface area (Å²) in [6.45, 7) is 0. The van der Waals surface area contributed by atoms with Gasteiger partial charge < -0.3 is 19.4 Å². The molecule has 11 heteroatoms. The number of fused-ring (bicyclic) bond motifs is 2. The average Bonchev–Trinajstić information content (AvgIpc) is 2.99. The number of esters is 1. The van der Waals surface area contributed by atoms with Crippen LogP contribution in [0.3, 0.4) is 0 Å². The van der Waals surface area contributed by atoms with E-state index in [1.807, 2.05) is 0 Å². The number of carbonyl (C=O) groups excluding carboxylic acids is 3. The quantitative estimate of drug-likeness (QED) is 0.120. The van der Waals surface area contributed by atoms with Gasteiger partial charge in [0.1, 0.15) is 5.78 Å². The van der Waals surface area contributed by atoms with Crippen LogP contribution in [0.25, 0.3) is 25.1 Å². The maximum Gasteiger partial charge on any atom is 0.416 e. The molecule has 0 amide bonds. The smallest absolute Gasteiger partial charge is 0.416 e. The second-order valence-corrected chi connectivity index (χ2v) is 14.0. The molecule has 44 heavy (non-hydrogen) atoms. The third kappa shape index (κ3) is 4.31. The van der Waals surface area contributed by atoms with E-state index in [0.717, 1.165) is 25.0 Å². The molecule has 4 saturated carbocycles. The van der Waals surface area contributed by atoms with Gasteiger partial charge in [0.15, 0.2) is 25.8 Å². The third-order valence-electron chi connectivity index (χ3n) is 9.46. The minimum atomic E-state index is -4.70. The van der Waals surface area contributed by atoms with Crippen LogP contribution in [0.15, 0.2) is 59.4 Å². The monoisotopic (exact) mass is 622 g/mol. The first kappa shape index (κ1) is 28.5. The van der Waals surface area contributed by atoms with Gasteiger partial charge in [-0.3, -0.25) is 14.4 Å². The van der Waals surface area contributed by atoms with Crippen LogP contribution in [0.2, 0.25) is 0 Å². The number of rotatable bonds is 5. The van der Waals surface area contributed by atoms with Crippen molar-refractivity contribution in [1.29, 1.82) is 0 Å². The highest BCUT2D eigenvalue weighted by molar-refractivity contribution is 7.49. The largest absolute Gasteiger partial charge is 0.545 e. The van der Waals surface area contributed by atoms with Gasteiger partial charge in [-0.2, -0.15) is 13.2 Å². The van der Waals surface area contributed by atoms with E-state index in [1.54, 1.807) is 18.2 Å². The molecule has 4 bridgehead atoms. The highest BCUT2D eigenvalue weighted by atomic mass is 32.2. The number of aromatic carboxylic acids is 1. The van der Waals surface area contributed by atoms with Crippen LogP contribution in [-0.4, -0.2) is 24.8 Å². The number of alkyl halides is 3. The summed E-state index contributed by atoms with van der Waals surface area (Å²) < 4.78 is 53.0. The van der Waals surface area contributed by atoms with E-state index in [2.05, 4.69) is 0 Å². The lowest BCUT2D eigenvalue weighted by atomic mass is 9.49. The third-order valence-corrected chi connectivity index (χ3v) is 11.8. The van der Waals surface area contributed by atoms with Crippen molar-refractivity contribution in [3.8, 4) is 16.4 Å². The number of carbonyl (C=O) groups is 3. The van der Waals surface area contributed by atoms with Gasteiger partial charge in [-0.15, -0.1) is 0 Å². The Morgan fingerprint density at radius 1 is 0.909 bits per heavy atom. The molecule has 1 heterocycles. The van der Waals surface area contributed by atoms with Gasteiger partial charge in [0.2, 0.25) is 5.43 Å². The molecule has 1 aromatic heterocycles. The highest BCUT2D eigenvalue weighted by Gasteiger charge is 2.59. The molecule has 3 aromatic carbocycles. The van der Waals surface area contributed by atoms with E-state index in [1.165, 1.54) is 31.4 Å². The zero-order valence-corrected chi connectivity index (χ0v) is 24.2. The molecule has 4 fully saturated rings. The van der Waals surface area contributed by atoms with Gasteiger partial charge in [0, 0.05) is 28.4 Å². The molecular formula is C33H25F3O7S. The molecule has 226 valence electrons. The Balaban J connectivity index is 1.43. The molecule has 4 aliphatic rings. The minimum absolute atomic E-state index is 0.0419. The summed E-state index contributed by atoms with van der Waals surface area (Å²) >= 11 is 0. The normalized spacial score (nSPS) is 24.6. The van der Waals surface area contributed by atoms with Crippen molar-refractivity contribution < 1.29 is 42.1 Å². The number of ketones is 1. The summed E-state index contributed by atoms with van der Waals surface area (Å²) in [7, 11) is -0.105. The Bertz CT molecular complexity index is 1960. The molecule has 0 saturated heterocycles. The fourth-order valence-corrected chi connectivity index (χ4v) is 10.2. The van der Waals surface area contributed by atoms with Gasteiger partial charge in [0.05, 0.1) is 40.4 Å². The summed E-state index contributed by atoms with van der Waals surface area (Å²) in [5.41, 5.74) is -2.78. The van der Waals surface area contributed by atoms with Crippen LogP contribution < -0.4 is 20.0 Å². The first-order chi connectivity index (χ1) is 20.9. The van der Waals surface area contributed by atoms with Crippen LogP contribution in [0.5, 0.6) is 11.5 Å². The van der Waals surface area contributed by atoms with Crippen LogP contribution in [0.1, 0.15) is 48.0 Å². The van der Waals surface area contributed by atoms with E-state index in [9.17, 15) is 37.5 Å². The molecular weight excluding hydrogens is 597 g/mol. The summed E-state index contributed by atoms with van der Waals surface area (Å²) in [4.78, 5) is 52.5. The minimum Gasteiger partial charge on any atom is -0.545 e. The van der Waals surface area contributed by atoms with E-state index in [0.29, 0.717) is 24.0 Å². The molecule has 7 nitrogen and oxygen atoms in total. The Kier molecular flexibility index (Phi) is 6.41. The van der Waals surface area contributed by atoms with Crippen molar-refractivity contribution >= 4 is 48.4 Å². The fourth-order valence-electron chi connectivity index (χ4n) is 7.71. The summed E-state index contributed by atoms with van der Waals surface area (Å²) in [5, 5.41) is 12.4. The van der Waals surface area contributed by atoms with Crippen LogP contribution >= 0.6 is 10.5 Å². The Morgan fingerprint density at radius 3 is 2.25 bits per heavy atom. The number of halogens is 3. The molecule has 0 aliphatic heterocycles. The average molecular weight is 623 g/mol. The van der Waals surface area contributed by atoms with Gasteiger partial charge >= 0.3 is 12.1 Å². The van der Waals surface area contributed by atoms with Crippen LogP contribution in [0.4, 0.5) is 13.2 Å². The lowest BCUT2D eigenvalue weighted by Gasteiger charge is -2.53. The van der Waals surface area contributed by atoms with Crippen molar-refractivity contribution in [2.75, 3.05) is 7.11 Å². The predicted octanol–water partition coefficient (Wildman–Crippen LogP) is 5.78. The first-order valence-corrected chi connectivity index (χ1v) is 15.4. The lowest BCUT2D eigenvalue weighted by molar-refractivity contribution is -0.254. The lowest BCUT2D eigenvalue weighted by Crippen LogP contribution is -2.55. The van der Waals surface area contributed by atoms with Crippen molar-refractivity contribution in [2.45, 2.75) is 38.3 Å². The summed E-state index contributed by atoms with van der Waals surface area (Å²) in [6, 6.07) is 11.7. The second-order valence-electron chi connectivity index (χ2n) is 12.0. The molecule has 3 unspecified atom stereocenters.